The van der Waals surface area contributed by atoms with Crippen molar-refractivity contribution in [3.8, 4) is 5.75 Å². The number of amides is 2. The van der Waals surface area contributed by atoms with Gasteiger partial charge in [-0.05, 0) is 48.1 Å². The minimum absolute atomic E-state index is 0.0469. The van der Waals surface area contributed by atoms with Gasteiger partial charge in [-0.2, -0.15) is 0 Å². The van der Waals surface area contributed by atoms with Crippen LogP contribution in [-0.2, 0) is 29.0 Å². The third-order valence-electron chi connectivity index (χ3n) is 6.38. The lowest BCUT2D eigenvalue weighted by molar-refractivity contribution is -0.131. The fourth-order valence-electron chi connectivity index (χ4n) is 4.28. The predicted molar refractivity (Wildman–Crippen MR) is 152 cm³/mol. The maximum absolute atomic E-state index is 13.0. The van der Waals surface area contributed by atoms with Crippen molar-refractivity contribution in [1.29, 1.82) is 0 Å². The number of nitrogens with one attached hydrogen (secondary N) is 2. The molecule has 0 bridgehead atoms. The lowest BCUT2D eigenvalue weighted by Gasteiger charge is -2.22. The molecule has 206 valence electrons. The van der Waals surface area contributed by atoms with E-state index < -0.39 is 18.0 Å². The van der Waals surface area contributed by atoms with Crippen molar-refractivity contribution < 1.29 is 24.5 Å². The predicted octanol–water partition coefficient (Wildman–Crippen LogP) is 3.59. The lowest BCUT2D eigenvalue weighted by Crippen LogP contribution is -2.45. The summed E-state index contributed by atoms with van der Waals surface area (Å²) in [6.45, 7) is 3.74. The summed E-state index contributed by atoms with van der Waals surface area (Å²) in [5.41, 5.74) is 3.01. The average molecular weight is 531 g/mol. The Balaban J connectivity index is 1.50. The molecule has 3 aromatic carbocycles. The highest BCUT2D eigenvalue weighted by atomic mass is 16.5. The maximum Gasteiger partial charge on any atom is 0.224 e. The van der Waals surface area contributed by atoms with Crippen LogP contribution >= 0.6 is 0 Å². The number of hydrogen-bond donors (Lipinski definition) is 4. The fourth-order valence-corrected chi connectivity index (χ4v) is 4.28. The van der Waals surface area contributed by atoms with Crippen LogP contribution in [0.4, 0.5) is 0 Å². The van der Waals surface area contributed by atoms with E-state index in [1.165, 1.54) is 0 Å². The van der Waals surface area contributed by atoms with Gasteiger partial charge < -0.3 is 25.6 Å². The number of ether oxygens (including phenoxy) is 1. The normalized spacial score (nSPS) is 13.1. The molecule has 0 saturated carbocycles. The first-order valence-electron chi connectivity index (χ1n) is 13.2. The number of hydrogen-bond acceptors (Lipinski definition) is 5. The van der Waals surface area contributed by atoms with E-state index in [-0.39, 0.29) is 31.4 Å². The SMILES string of the molecule is C=CCC(CC(=O)NC(CO)Cc1ccccc1)C(=O)NC(CO)Cc1ccc(OCc2ccccc2)cc1. The van der Waals surface area contributed by atoms with Gasteiger partial charge in [0, 0.05) is 6.42 Å². The summed E-state index contributed by atoms with van der Waals surface area (Å²) in [7, 11) is 0. The number of aliphatic hydroxyl groups excluding tert-OH is 2. The first-order valence-corrected chi connectivity index (χ1v) is 13.2. The Bertz CT molecular complexity index is 1150. The molecular weight excluding hydrogens is 492 g/mol. The topological polar surface area (TPSA) is 108 Å². The smallest absolute Gasteiger partial charge is 0.224 e. The summed E-state index contributed by atoms with van der Waals surface area (Å²) in [6.07, 6.45) is 2.79. The molecule has 7 nitrogen and oxygen atoms in total. The Morgan fingerprint density at radius 1 is 0.769 bits per heavy atom. The molecule has 4 N–H and O–H groups in total. The lowest BCUT2D eigenvalue weighted by atomic mass is 9.98. The zero-order valence-electron chi connectivity index (χ0n) is 22.2. The number of rotatable bonds is 16. The van der Waals surface area contributed by atoms with Crippen LogP contribution < -0.4 is 15.4 Å². The van der Waals surface area contributed by atoms with Crippen LogP contribution in [0.5, 0.6) is 5.75 Å². The highest BCUT2D eigenvalue weighted by Gasteiger charge is 2.24. The minimum Gasteiger partial charge on any atom is -0.489 e. The van der Waals surface area contributed by atoms with E-state index in [0.717, 1.165) is 22.4 Å². The summed E-state index contributed by atoms with van der Waals surface area (Å²) in [5, 5.41) is 25.4. The minimum atomic E-state index is -0.638. The first-order chi connectivity index (χ1) is 19.0. The second kappa shape index (κ2) is 16.1. The Morgan fingerprint density at radius 3 is 1.87 bits per heavy atom. The molecule has 0 aliphatic carbocycles. The zero-order valence-corrected chi connectivity index (χ0v) is 22.2. The van der Waals surface area contributed by atoms with Gasteiger partial charge in [0.25, 0.3) is 0 Å². The van der Waals surface area contributed by atoms with Gasteiger partial charge in [-0.1, -0.05) is 78.9 Å². The van der Waals surface area contributed by atoms with Gasteiger partial charge >= 0.3 is 0 Å². The number of allylic oxidation sites excluding steroid dienone is 1. The Kier molecular flexibility index (Phi) is 12.2. The molecule has 39 heavy (non-hydrogen) atoms. The van der Waals surface area contributed by atoms with Crippen LogP contribution in [0.15, 0.2) is 97.6 Å². The van der Waals surface area contributed by atoms with Gasteiger partial charge in [0.15, 0.2) is 0 Å². The highest BCUT2D eigenvalue weighted by molar-refractivity contribution is 5.86. The summed E-state index contributed by atoms with van der Waals surface area (Å²) in [6, 6.07) is 26.1. The number of benzene rings is 3. The van der Waals surface area contributed by atoms with Crippen molar-refractivity contribution in [3.63, 3.8) is 0 Å². The van der Waals surface area contributed by atoms with Crippen molar-refractivity contribution in [2.75, 3.05) is 13.2 Å². The van der Waals surface area contributed by atoms with Gasteiger partial charge in [-0.25, -0.2) is 0 Å². The molecule has 0 heterocycles. The van der Waals surface area contributed by atoms with E-state index in [1.807, 2.05) is 84.9 Å². The van der Waals surface area contributed by atoms with Crippen LogP contribution in [0, 0.1) is 5.92 Å². The highest BCUT2D eigenvalue weighted by Crippen LogP contribution is 2.16. The quantitative estimate of drug-likeness (QED) is 0.212. The molecule has 3 rings (SSSR count). The van der Waals surface area contributed by atoms with Gasteiger partial charge in [0.1, 0.15) is 12.4 Å². The van der Waals surface area contributed by atoms with Crippen LogP contribution in [0.3, 0.4) is 0 Å². The summed E-state index contributed by atoms with van der Waals surface area (Å²) in [5.74, 6) is -0.548. The van der Waals surface area contributed by atoms with Crippen molar-refractivity contribution in [2.45, 2.75) is 44.4 Å². The Hall–Kier alpha value is -3.94. The first kappa shape index (κ1) is 29.6. The van der Waals surface area contributed by atoms with E-state index in [2.05, 4.69) is 17.2 Å². The molecule has 3 unspecified atom stereocenters. The molecular formula is C32H38N2O5. The molecule has 0 aliphatic heterocycles. The largest absolute Gasteiger partial charge is 0.489 e. The van der Waals surface area contributed by atoms with Crippen molar-refractivity contribution in [1.82, 2.24) is 10.6 Å². The van der Waals surface area contributed by atoms with Crippen molar-refractivity contribution >= 4 is 11.8 Å². The van der Waals surface area contributed by atoms with E-state index in [0.29, 0.717) is 25.9 Å². The molecule has 0 saturated heterocycles. The van der Waals surface area contributed by atoms with Gasteiger partial charge in [-0.3, -0.25) is 9.59 Å². The standard InChI is InChI=1S/C32H38N2O5/c1-2-9-27(20-31(37)33-28(21-35)18-24-10-5-3-6-11-24)32(38)34-29(22-36)19-25-14-16-30(17-15-25)39-23-26-12-7-4-8-13-26/h2-8,10-17,27-29,35-36H,1,9,18-23H2,(H,33,37)(H,34,38). The van der Waals surface area contributed by atoms with Gasteiger partial charge in [0.05, 0.1) is 31.2 Å². The maximum atomic E-state index is 13.0. The van der Waals surface area contributed by atoms with E-state index in [1.54, 1.807) is 6.08 Å². The second-order valence-corrected chi connectivity index (χ2v) is 9.57. The van der Waals surface area contributed by atoms with Crippen LogP contribution in [0.1, 0.15) is 29.5 Å². The molecule has 0 radical (unpaired) electrons. The second-order valence-electron chi connectivity index (χ2n) is 9.57. The average Bonchev–Trinajstić information content (AvgIpc) is 2.96. The fraction of sp³-hybridized carbons (Fsp3) is 0.312. The van der Waals surface area contributed by atoms with E-state index in [4.69, 9.17) is 4.74 Å². The van der Waals surface area contributed by atoms with Crippen molar-refractivity contribution in [3.05, 3.63) is 114 Å². The Morgan fingerprint density at radius 2 is 1.31 bits per heavy atom. The molecule has 0 fully saturated rings. The van der Waals surface area contributed by atoms with E-state index >= 15 is 0 Å². The van der Waals surface area contributed by atoms with Crippen LogP contribution in [-0.4, -0.2) is 47.3 Å². The molecule has 2 amide bonds. The molecule has 3 atom stereocenters. The van der Waals surface area contributed by atoms with Crippen LogP contribution in [0.25, 0.3) is 0 Å². The number of carbonyl (C=O) groups excluding carboxylic acids is 2. The number of aliphatic hydroxyl groups is 2. The van der Waals surface area contributed by atoms with Gasteiger partial charge in [-0.15, -0.1) is 6.58 Å². The summed E-state index contributed by atoms with van der Waals surface area (Å²) in [4.78, 5) is 25.7. The van der Waals surface area contributed by atoms with Gasteiger partial charge in [0.2, 0.25) is 11.8 Å². The summed E-state index contributed by atoms with van der Waals surface area (Å²) < 4.78 is 5.82. The molecule has 3 aromatic rings. The molecule has 0 spiro atoms. The summed E-state index contributed by atoms with van der Waals surface area (Å²) >= 11 is 0. The number of carbonyl (C=O) groups is 2. The zero-order chi connectivity index (χ0) is 27.9. The van der Waals surface area contributed by atoms with Crippen molar-refractivity contribution in [2.24, 2.45) is 5.92 Å². The third kappa shape index (κ3) is 10.4. The van der Waals surface area contributed by atoms with Crippen LogP contribution in [0.2, 0.25) is 0 Å². The monoisotopic (exact) mass is 530 g/mol. The Labute approximate surface area is 230 Å². The molecule has 7 heteroatoms. The molecule has 0 aliphatic rings. The third-order valence-corrected chi connectivity index (χ3v) is 6.38. The van der Waals surface area contributed by atoms with E-state index in [9.17, 15) is 19.8 Å². The molecule has 0 aromatic heterocycles.